The van der Waals surface area contributed by atoms with Crippen LogP contribution in [0, 0.1) is 41.5 Å². The van der Waals surface area contributed by atoms with Crippen molar-refractivity contribution in [1.82, 2.24) is 0 Å². The van der Waals surface area contributed by atoms with Crippen LogP contribution in [-0.4, -0.2) is 38.0 Å². The summed E-state index contributed by atoms with van der Waals surface area (Å²) in [6.45, 7) is 15.0. The molecular weight excluding hydrogens is 484 g/mol. The number of aryl methyl sites for hydroxylation is 4. The largest absolute Gasteiger partial charge is 0.465 e. The third-order valence-corrected chi connectivity index (χ3v) is 6.31. The van der Waals surface area contributed by atoms with Crippen LogP contribution in [0.4, 0.5) is 11.4 Å². The number of unbranched alkanes of at least 4 members (excludes halogenated alkanes) is 1. The van der Waals surface area contributed by atoms with Crippen LogP contribution in [0.2, 0.25) is 0 Å². The first kappa shape index (κ1) is 32.3. The van der Waals surface area contributed by atoms with E-state index in [1.54, 1.807) is 13.8 Å². The number of nitrogens with one attached hydrogen (secondary N) is 2. The summed E-state index contributed by atoms with van der Waals surface area (Å²) in [6.07, 6.45) is 1.52. The molecule has 2 rings (SSSR count). The predicted molar refractivity (Wildman–Crippen MR) is 151 cm³/mol. The maximum Gasteiger partial charge on any atom is 0.338 e. The molecule has 0 bridgehead atoms. The van der Waals surface area contributed by atoms with Crippen molar-refractivity contribution in [2.24, 2.45) is 0 Å². The van der Waals surface area contributed by atoms with E-state index in [1.807, 2.05) is 53.7 Å². The number of methoxy groups -OCH3 is 2. The number of carbonyl (C=O) groups excluding carboxylic acids is 4. The van der Waals surface area contributed by atoms with E-state index in [9.17, 15) is 19.2 Å². The summed E-state index contributed by atoms with van der Waals surface area (Å²) >= 11 is 0. The summed E-state index contributed by atoms with van der Waals surface area (Å²) in [4.78, 5) is 49.4. The molecule has 0 atom stereocenters. The lowest BCUT2D eigenvalue weighted by molar-refractivity contribution is -0.118. The van der Waals surface area contributed by atoms with E-state index in [-0.39, 0.29) is 24.7 Å². The number of anilines is 2. The van der Waals surface area contributed by atoms with E-state index >= 15 is 0 Å². The first-order valence-electron chi connectivity index (χ1n) is 12.9. The minimum absolute atomic E-state index is 0.186. The molecule has 0 saturated carbocycles. The van der Waals surface area contributed by atoms with Crippen LogP contribution in [0.25, 0.3) is 0 Å². The second kappa shape index (κ2) is 14.9. The van der Waals surface area contributed by atoms with Gasteiger partial charge in [-0.25, -0.2) is 9.59 Å². The number of carbonyl (C=O) groups is 4. The molecule has 2 N–H and O–H groups in total. The first-order chi connectivity index (χ1) is 17.9. The van der Waals surface area contributed by atoms with Gasteiger partial charge in [-0.05, 0) is 87.8 Å². The fourth-order valence-corrected chi connectivity index (χ4v) is 4.56. The number of esters is 2. The van der Waals surface area contributed by atoms with Gasteiger partial charge in [-0.3, -0.25) is 9.59 Å². The topological polar surface area (TPSA) is 111 Å². The average Bonchev–Trinajstić information content (AvgIpc) is 2.87. The summed E-state index contributed by atoms with van der Waals surface area (Å²) in [7, 11) is 2.66. The minimum atomic E-state index is -0.440. The summed E-state index contributed by atoms with van der Waals surface area (Å²) in [5.41, 5.74) is 6.76. The number of rotatable bonds is 9. The lowest BCUT2D eigenvalue weighted by atomic mass is 9.97. The van der Waals surface area contributed by atoms with Gasteiger partial charge in [0.2, 0.25) is 11.8 Å². The zero-order chi connectivity index (χ0) is 29.2. The van der Waals surface area contributed by atoms with Crippen LogP contribution in [0.15, 0.2) is 12.1 Å². The SMILES string of the molecule is CC.COC(=O)c1c(C)cc(C)c(NC(=O)CCCCC(=O)Nc2c(C)cc(C)c(C(=O)OC)c2C)c1C. The molecule has 38 heavy (non-hydrogen) atoms. The Hall–Kier alpha value is -3.68. The Morgan fingerprint density at radius 3 is 1.21 bits per heavy atom. The zero-order valence-corrected chi connectivity index (χ0v) is 24.4. The molecule has 0 heterocycles. The molecule has 8 nitrogen and oxygen atoms in total. The third-order valence-electron chi connectivity index (χ3n) is 6.31. The van der Waals surface area contributed by atoms with Gasteiger partial charge in [0, 0.05) is 24.2 Å². The molecule has 0 unspecified atom stereocenters. The van der Waals surface area contributed by atoms with Gasteiger partial charge in [0.15, 0.2) is 0 Å². The second-order valence-electron chi connectivity index (χ2n) is 9.06. The summed E-state index contributed by atoms with van der Waals surface area (Å²) < 4.78 is 9.75. The lowest BCUT2D eigenvalue weighted by Crippen LogP contribution is -2.17. The highest BCUT2D eigenvalue weighted by Gasteiger charge is 2.20. The fourth-order valence-electron chi connectivity index (χ4n) is 4.56. The van der Waals surface area contributed by atoms with Crippen LogP contribution in [0.5, 0.6) is 0 Å². The van der Waals surface area contributed by atoms with Crippen molar-refractivity contribution in [2.45, 2.75) is 81.1 Å². The van der Waals surface area contributed by atoms with Gasteiger partial charge in [0.25, 0.3) is 0 Å². The molecule has 0 saturated heterocycles. The molecule has 2 amide bonds. The van der Waals surface area contributed by atoms with Crippen LogP contribution < -0.4 is 10.6 Å². The molecule has 0 aromatic heterocycles. The molecule has 0 spiro atoms. The predicted octanol–water partition coefficient (Wildman–Crippen LogP) is 6.27. The number of ether oxygens (including phenoxy) is 2. The molecule has 2 aromatic rings. The standard InChI is InChI=1S/C28H36N2O6.C2H6/c1-15-13-17(3)25(19(5)23(15)27(33)35-7)29-21(31)11-9-10-12-22(32)30-26-18(4)14-16(2)24(20(26)6)28(34)36-8;1-2/h13-14H,9-12H2,1-8H3,(H,29,31)(H,30,32);1-2H3. The van der Waals surface area contributed by atoms with E-state index in [0.717, 1.165) is 22.3 Å². The second-order valence-corrected chi connectivity index (χ2v) is 9.06. The molecule has 0 aliphatic carbocycles. The zero-order valence-electron chi connectivity index (χ0n) is 24.4. The highest BCUT2D eigenvalue weighted by Crippen LogP contribution is 2.29. The lowest BCUT2D eigenvalue weighted by Gasteiger charge is -2.17. The highest BCUT2D eigenvalue weighted by molar-refractivity contribution is 5.99. The van der Waals surface area contributed by atoms with Crippen LogP contribution >= 0.6 is 0 Å². The van der Waals surface area contributed by atoms with Crippen LogP contribution in [0.3, 0.4) is 0 Å². The van der Waals surface area contributed by atoms with E-state index in [0.29, 0.717) is 46.5 Å². The summed E-state index contributed by atoms with van der Waals surface area (Å²) in [5.74, 6) is -1.25. The molecule has 0 radical (unpaired) electrons. The Kier molecular flexibility index (Phi) is 12.7. The van der Waals surface area contributed by atoms with Crippen LogP contribution in [0.1, 0.15) is 93.6 Å². The number of hydrogen-bond donors (Lipinski definition) is 2. The molecule has 0 fully saturated rings. The van der Waals surface area contributed by atoms with E-state index in [4.69, 9.17) is 9.47 Å². The highest BCUT2D eigenvalue weighted by atomic mass is 16.5. The van der Waals surface area contributed by atoms with Gasteiger partial charge in [-0.1, -0.05) is 26.0 Å². The van der Waals surface area contributed by atoms with Crippen molar-refractivity contribution in [3.05, 3.63) is 56.6 Å². The van der Waals surface area contributed by atoms with Gasteiger partial charge in [0.1, 0.15) is 0 Å². The van der Waals surface area contributed by atoms with Crippen molar-refractivity contribution in [3.8, 4) is 0 Å². The van der Waals surface area contributed by atoms with Crippen molar-refractivity contribution in [1.29, 1.82) is 0 Å². The van der Waals surface area contributed by atoms with Crippen molar-refractivity contribution in [3.63, 3.8) is 0 Å². The Balaban J connectivity index is 0.00000352. The average molecular weight is 527 g/mol. The van der Waals surface area contributed by atoms with Gasteiger partial charge in [-0.15, -0.1) is 0 Å². The molecular formula is C30H42N2O6. The van der Waals surface area contributed by atoms with E-state index in [1.165, 1.54) is 14.2 Å². The number of amides is 2. The number of benzene rings is 2. The van der Waals surface area contributed by atoms with Gasteiger partial charge < -0.3 is 20.1 Å². The molecule has 8 heteroatoms. The Bertz CT molecular complexity index is 1110. The van der Waals surface area contributed by atoms with Crippen molar-refractivity contribution in [2.75, 3.05) is 24.9 Å². The van der Waals surface area contributed by atoms with E-state index < -0.39 is 11.9 Å². The van der Waals surface area contributed by atoms with Crippen LogP contribution in [-0.2, 0) is 19.1 Å². The quantitative estimate of drug-likeness (QED) is 0.294. The molecule has 0 aliphatic heterocycles. The fraction of sp³-hybridized carbons (Fsp3) is 0.467. The summed E-state index contributed by atoms with van der Waals surface area (Å²) in [5, 5.41) is 5.81. The van der Waals surface area contributed by atoms with Gasteiger partial charge >= 0.3 is 11.9 Å². The smallest absolute Gasteiger partial charge is 0.338 e. The third kappa shape index (κ3) is 7.91. The van der Waals surface area contributed by atoms with Crippen molar-refractivity contribution >= 4 is 35.1 Å². The minimum Gasteiger partial charge on any atom is -0.465 e. The maximum atomic E-state index is 12.6. The Morgan fingerprint density at radius 2 is 0.921 bits per heavy atom. The summed E-state index contributed by atoms with van der Waals surface area (Å²) in [6, 6.07) is 3.69. The number of hydrogen-bond acceptors (Lipinski definition) is 6. The van der Waals surface area contributed by atoms with E-state index in [2.05, 4.69) is 10.6 Å². The maximum absolute atomic E-state index is 12.6. The van der Waals surface area contributed by atoms with Gasteiger partial charge in [-0.2, -0.15) is 0 Å². The Morgan fingerprint density at radius 1 is 0.605 bits per heavy atom. The molecule has 2 aromatic carbocycles. The Labute approximate surface area is 226 Å². The molecule has 0 aliphatic rings. The van der Waals surface area contributed by atoms with Crippen molar-refractivity contribution < 1.29 is 28.7 Å². The monoisotopic (exact) mass is 526 g/mol. The van der Waals surface area contributed by atoms with Gasteiger partial charge in [0.05, 0.1) is 25.3 Å². The normalized spacial score (nSPS) is 10.2. The first-order valence-corrected chi connectivity index (χ1v) is 12.9. The molecule has 208 valence electrons.